The van der Waals surface area contributed by atoms with Gasteiger partial charge in [-0.15, -0.1) is 11.8 Å². The van der Waals surface area contributed by atoms with Crippen molar-refractivity contribution in [3.63, 3.8) is 0 Å². The highest BCUT2D eigenvalue weighted by Crippen LogP contribution is 2.47. The molecule has 0 radical (unpaired) electrons. The molecule has 0 aliphatic heterocycles. The normalized spacial score (nSPS) is 12.2. The maximum Gasteiger partial charge on any atom is 0.183 e. The summed E-state index contributed by atoms with van der Waals surface area (Å²) in [6, 6.07) is 10.9. The maximum atomic E-state index is 9.94. The smallest absolute Gasteiger partial charge is 0.183 e. The van der Waals surface area contributed by atoms with Crippen LogP contribution in [0.4, 0.5) is 5.13 Å². The number of nitrogens with one attached hydrogen (secondary N) is 1. The van der Waals surface area contributed by atoms with Gasteiger partial charge in [0.05, 0.1) is 9.90 Å². The average Bonchev–Trinajstić information content (AvgIpc) is 3.55. The van der Waals surface area contributed by atoms with Gasteiger partial charge in [-0.3, -0.25) is 9.78 Å². The summed E-state index contributed by atoms with van der Waals surface area (Å²) in [6.45, 7) is 4.00. The quantitative estimate of drug-likeness (QED) is 0.290. The second kappa shape index (κ2) is 13.0. The molecule has 2 heterocycles. The summed E-state index contributed by atoms with van der Waals surface area (Å²) in [7, 11) is 1.92. The number of nitrogens with zero attached hydrogens (tertiary/aromatic N) is 2. The number of aldehydes is 1. The van der Waals surface area contributed by atoms with Crippen LogP contribution in [0.3, 0.4) is 0 Å². The van der Waals surface area contributed by atoms with Crippen molar-refractivity contribution in [1.82, 2.24) is 9.97 Å². The van der Waals surface area contributed by atoms with Crippen LogP contribution in [0, 0.1) is 0 Å². The lowest BCUT2D eigenvalue weighted by Crippen LogP contribution is -1.87. The van der Waals surface area contributed by atoms with E-state index in [2.05, 4.69) is 15.3 Å². The number of carbonyl (C=O) groups is 1. The van der Waals surface area contributed by atoms with Gasteiger partial charge in [0.1, 0.15) is 5.69 Å². The number of hydrogen-bond acceptors (Lipinski definition) is 6. The first-order chi connectivity index (χ1) is 14.6. The van der Waals surface area contributed by atoms with Gasteiger partial charge in [0.25, 0.3) is 0 Å². The third-order valence-electron chi connectivity index (χ3n) is 3.98. The topological polar surface area (TPSA) is 54.9 Å². The van der Waals surface area contributed by atoms with E-state index in [1.807, 2.05) is 44.8 Å². The zero-order chi connectivity index (χ0) is 21.9. The molecule has 1 aliphatic rings. The summed E-state index contributed by atoms with van der Waals surface area (Å²) in [6.07, 6.45) is 4.84. The van der Waals surface area contributed by atoms with Gasteiger partial charge in [0.2, 0.25) is 0 Å². The third kappa shape index (κ3) is 7.58. The number of rotatable bonds is 6. The molecular weight excluding hydrogens is 457 g/mol. The second-order valence-electron chi connectivity index (χ2n) is 6.11. The van der Waals surface area contributed by atoms with Crippen molar-refractivity contribution >= 4 is 57.7 Å². The van der Waals surface area contributed by atoms with E-state index < -0.39 is 0 Å². The van der Waals surface area contributed by atoms with Crippen LogP contribution in [0.5, 0.6) is 0 Å². The molecule has 4 rings (SSSR count). The van der Waals surface area contributed by atoms with E-state index in [-0.39, 0.29) is 0 Å². The van der Waals surface area contributed by atoms with Crippen molar-refractivity contribution in [1.29, 1.82) is 0 Å². The highest BCUT2D eigenvalue weighted by molar-refractivity contribution is 8.00. The molecule has 8 heteroatoms. The number of carbonyl (C=O) groups excluding carboxylic acids is 1. The number of thiazole rings is 1. The molecule has 0 spiro atoms. The molecule has 0 saturated heterocycles. The van der Waals surface area contributed by atoms with E-state index in [1.165, 1.54) is 22.7 Å². The Kier molecular flexibility index (Phi) is 10.6. The minimum Gasteiger partial charge on any atom is -0.365 e. The number of pyridine rings is 1. The Labute approximate surface area is 196 Å². The molecule has 0 amide bonds. The van der Waals surface area contributed by atoms with Crippen LogP contribution in [0.2, 0.25) is 10.0 Å². The predicted octanol–water partition coefficient (Wildman–Crippen LogP) is 7.58. The molecule has 160 valence electrons. The number of thioether (sulfide) groups is 1. The molecule has 1 aliphatic carbocycles. The Balaban J connectivity index is 0.000000269. The first-order valence-corrected chi connectivity index (χ1v) is 12.3. The summed E-state index contributed by atoms with van der Waals surface area (Å²) in [5, 5.41) is 5.55. The fraction of sp³-hybridized carbons (Fsp3) is 0.318. The first-order valence-electron chi connectivity index (χ1n) is 9.72. The fourth-order valence-corrected chi connectivity index (χ4v) is 5.21. The Bertz CT molecular complexity index is 931. The minimum atomic E-state index is 0.479. The van der Waals surface area contributed by atoms with Gasteiger partial charge in [-0.2, -0.15) is 0 Å². The Morgan fingerprint density at radius 1 is 1.23 bits per heavy atom. The lowest BCUT2D eigenvalue weighted by molar-refractivity contribution is 0.111. The van der Waals surface area contributed by atoms with E-state index in [0.717, 1.165) is 27.8 Å². The van der Waals surface area contributed by atoms with Crippen molar-refractivity contribution < 1.29 is 4.79 Å². The summed E-state index contributed by atoms with van der Waals surface area (Å²) < 4.78 is 1.31. The molecule has 3 aromatic rings. The molecule has 0 unspecified atom stereocenters. The zero-order valence-corrected chi connectivity index (χ0v) is 20.3. The lowest BCUT2D eigenvalue weighted by Gasteiger charge is -2.04. The largest absolute Gasteiger partial charge is 0.365 e. The Morgan fingerprint density at radius 3 is 2.53 bits per heavy atom. The van der Waals surface area contributed by atoms with E-state index >= 15 is 0 Å². The molecule has 0 atom stereocenters. The highest BCUT2D eigenvalue weighted by atomic mass is 35.5. The van der Waals surface area contributed by atoms with Crippen LogP contribution >= 0.6 is 46.3 Å². The molecule has 1 aromatic carbocycles. The Hall–Kier alpha value is -1.60. The zero-order valence-electron chi connectivity index (χ0n) is 17.2. The molecule has 1 saturated carbocycles. The number of aromatic nitrogens is 2. The van der Waals surface area contributed by atoms with Crippen LogP contribution in [0.1, 0.15) is 54.4 Å². The minimum absolute atomic E-state index is 0.479. The van der Waals surface area contributed by atoms with Crippen molar-refractivity contribution in [3.8, 4) is 0 Å². The van der Waals surface area contributed by atoms with E-state index in [0.29, 0.717) is 16.6 Å². The second-order valence-corrected chi connectivity index (χ2v) is 9.20. The van der Waals surface area contributed by atoms with Gasteiger partial charge < -0.3 is 5.32 Å². The van der Waals surface area contributed by atoms with Gasteiger partial charge >= 0.3 is 0 Å². The molecule has 30 heavy (non-hydrogen) atoms. The van der Waals surface area contributed by atoms with Crippen LogP contribution in [0.15, 0.2) is 46.8 Å². The summed E-state index contributed by atoms with van der Waals surface area (Å²) in [5.41, 5.74) is 2.85. The van der Waals surface area contributed by atoms with Crippen LogP contribution in [-0.2, 0) is 5.75 Å². The molecule has 1 N–H and O–H groups in total. The van der Waals surface area contributed by atoms with Crippen LogP contribution in [0.25, 0.3) is 0 Å². The van der Waals surface area contributed by atoms with E-state index in [9.17, 15) is 4.79 Å². The molecule has 0 bridgehead atoms. The number of anilines is 1. The van der Waals surface area contributed by atoms with Gasteiger partial charge in [-0.25, -0.2) is 4.98 Å². The highest BCUT2D eigenvalue weighted by Gasteiger charge is 2.29. The maximum absolute atomic E-state index is 9.94. The first kappa shape index (κ1) is 24.7. The molecule has 2 aromatic heterocycles. The third-order valence-corrected chi connectivity index (χ3v) is 6.98. The van der Waals surface area contributed by atoms with Gasteiger partial charge in [0, 0.05) is 35.0 Å². The fourth-order valence-electron chi connectivity index (χ4n) is 2.37. The molecule has 1 fully saturated rings. The van der Waals surface area contributed by atoms with Crippen LogP contribution < -0.4 is 5.32 Å². The van der Waals surface area contributed by atoms with Crippen LogP contribution in [-0.4, -0.2) is 23.3 Å². The summed E-state index contributed by atoms with van der Waals surface area (Å²) >= 11 is 15.7. The standard InChI is InChI=1S/C14H14Cl2N2S2.C6H5NO.C2H6/c1-17-14-18-12(8-2-3-8)13(20-14)19-7-9-4-5-10(15)6-11(9)16;8-5-6-3-1-2-4-7-6;1-2/h4-6,8H,2-3,7H2,1H3,(H,17,18);1-5H;1-2H3. The Morgan fingerprint density at radius 2 is 2.00 bits per heavy atom. The van der Waals surface area contributed by atoms with Gasteiger partial charge in [-0.05, 0) is 42.7 Å². The van der Waals surface area contributed by atoms with E-state index in [4.69, 9.17) is 23.2 Å². The van der Waals surface area contributed by atoms with Gasteiger partial charge in [-0.1, -0.05) is 60.5 Å². The summed E-state index contributed by atoms with van der Waals surface area (Å²) in [5.74, 6) is 1.51. The van der Waals surface area contributed by atoms with Gasteiger partial charge in [0.15, 0.2) is 11.4 Å². The summed E-state index contributed by atoms with van der Waals surface area (Å²) in [4.78, 5) is 18.3. The van der Waals surface area contributed by atoms with E-state index in [1.54, 1.807) is 41.8 Å². The van der Waals surface area contributed by atoms with Crippen molar-refractivity contribution in [2.24, 2.45) is 0 Å². The lowest BCUT2D eigenvalue weighted by atomic mass is 10.2. The van der Waals surface area contributed by atoms with Crippen molar-refractivity contribution in [2.45, 2.75) is 42.6 Å². The monoisotopic (exact) mass is 481 g/mol. The molecular formula is C22H25Cl2N3OS2. The number of benzene rings is 1. The average molecular weight is 483 g/mol. The number of hydrogen-bond donors (Lipinski definition) is 1. The SMILES string of the molecule is CC.CNc1nc(C2CC2)c(SCc2ccc(Cl)cc2Cl)s1.O=Cc1ccccn1. The van der Waals surface area contributed by atoms with Crippen molar-refractivity contribution in [2.75, 3.05) is 12.4 Å². The molecule has 4 nitrogen and oxygen atoms in total. The predicted molar refractivity (Wildman–Crippen MR) is 131 cm³/mol. The van der Waals surface area contributed by atoms with Crippen molar-refractivity contribution in [3.05, 3.63) is 69.6 Å². The number of halogens is 2.